The van der Waals surface area contributed by atoms with E-state index in [1.807, 2.05) is 12.4 Å². The zero-order chi connectivity index (χ0) is 10.7. The Hall–Kier alpha value is -0.890. The summed E-state index contributed by atoms with van der Waals surface area (Å²) in [5.41, 5.74) is 2.86. The second-order valence-electron chi connectivity index (χ2n) is 4.66. The first-order valence-electron chi connectivity index (χ1n) is 5.96. The fourth-order valence-electron chi connectivity index (χ4n) is 2.33. The molecule has 2 heteroatoms. The van der Waals surface area contributed by atoms with E-state index >= 15 is 0 Å². The number of hydrogen-bond donors (Lipinski definition) is 1. The van der Waals surface area contributed by atoms with Crippen LogP contribution in [0.15, 0.2) is 18.5 Å². The fourth-order valence-corrected chi connectivity index (χ4v) is 2.33. The van der Waals surface area contributed by atoms with Crippen molar-refractivity contribution in [1.82, 2.24) is 10.3 Å². The predicted molar refractivity (Wildman–Crippen MR) is 62.9 cm³/mol. The van der Waals surface area contributed by atoms with Gasteiger partial charge in [0.25, 0.3) is 0 Å². The summed E-state index contributed by atoms with van der Waals surface area (Å²) in [5.74, 6) is 0.567. The van der Waals surface area contributed by atoms with Crippen molar-refractivity contribution >= 4 is 0 Å². The fraction of sp³-hybridized carbons (Fsp3) is 0.615. The first-order chi connectivity index (χ1) is 7.29. The monoisotopic (exact) mass is 204 g/mol. The van der Waals surface area contributed by atoms with Crippen LogP contribution in [0.25, 0.3) is 0 Å². The Morgan fingerprint density at radius 2 is 2.27 bits per heavy atom. The van der Waals surface area contributed by atoms with E-state index < -0.39 is 0 Å². The van der Waals surface area contributed by atoms with Crippen LogP contribution in [0, 0.1) is 0 Å². The van der Waals surface area contributed by atoms with Crippen LogP contribution in [0.2, 0.25) is 0 Å². The van der Waals surface area contributed by atoms with E-state index in [-0.39, 0.29) is 0 Å². The third-order valence-electron chi connectivity index (χ3n) is 3.19. The summed E-state index contributed by atoms with van der Waals surface area (Å²) in [6.07, 6.45) is 7.87. The van der Waals surface area contributed by atoms with E-state index in [1.54, 1.807) is 0 Å². The lowest BCUT2D eigenvalue weighted by atomic mass is 9.90. The number of piperidine rings is 1. The number of aromatic nitrogens is 1. The highest BCUT2D eigenvalue weighted by atomic mass is 14.9. The van der Waals surface area contributed by atoms with Crippen molar-refractivity contribution in [1.29, 1.82) is 0 Å². The van der Waals surface area contributed by atoms with E-state index in [0.717, 1.165) is 6.54 Å². The average Bonchev–Trinajstić information content (AvgIpc) is 2.30. The van der Waals surface area contributed by atoms with Gasteiger partial charge in [0, 0.05) is 18.4 Å². The molecule has 0 bridgehead atoms. The molecular formula is C13H20N2. The zero-order valence-electron chi connectivity index (χ0n) is 9.66. The summed E-state index contributed by atoms with van der Waals surface area (Å²) in [6.45, 7) is 5.64. The molecule has 0 saturated carbocycles. The number of nitrogens with one attached hydrogen (secondary N) is 1. The maximum absolute atomic E-state index is 4.23. The number of pyridine rings is 1. The molecule has 1 fully saturated rings. The molecule has 15 heavy (non-hydrogen) atoms. The molecule has 1 N–H and O–H groups in total. The topological polar surface area (TPSA) is 24.9 Å². The Kier molecular flexibility index (Phi) is 3.37. The Bertz CT molecular complexity index is 314. The van der Waals surface area contributed by atoms with Crippen LogP contribution in [-0.2, 0) is 0 Å². The van der Waals surface area contributed by atoms with Crippen LogP contribution in [0.3, 0.4) is 0 Å². The lowest BCUT2D eigenvalue weighted by molar-refractivity contribution is 0.409. The molecule has 0 radical (unpaired) electrons. The van der Waals surface area contributed by atoms with Gasteiger partial charge >= 0.3 is 0 Å². The van der Waals surface area contributed by atoms with Gasteiger partial charge in [-0.25, -0.2) is 0 Å². The normalized spacial score (nSPS) is 21.9. The molecule has 2 nitrogen and oxygen atoms in total. The van der Waals surface area contributed by atoms with Crippen LogP contribution < -0.4 is 5.32 Å². The molecule has 82 valence electrons. The molecule has 1 aliphatic rings. The lowest BCUT2D eigenvalue weighted by Gasteiger charge is -2.26. The van der Waals surface area contributed by atoms with Gasteiger partial charge in [0.1, 0.15) is 0 Å². The SMILES string of the molecule is CC(C)c1cnccc1C1CCCCN1. The molecule has 1 aromatic heterocycles. The minimum atomic E-state index is 0.555. The van der Waals surface area contributed by atoms with Crippen LogP contribution in [0.1, 0.15) is 56.2 Å². The molecule has 0 aromatic carbocycles. The lowest BCUT2D eigenvalue weighted by Crippen LogP contribution is -2.27. The summed E-state index contributed by atoms with van der Waals surface area (Å²) in [5, 5.41) is 3.60. The average molecular weight is 204 g/mol. The maximum Gasteiger partial charge on any atom is 0.0324 e. The van der Waals surface area contributed by atoms with Crippen molar-refractivity contribution in [2.24, 2.45) is 0 Å². The Balaban J connectivity index is 2.25. The highest BCUT2D eigenvalue weighted by Gasteiger charge is 2.18. The molecule has 2 rings (SSSR count). The van der Waals surface area contributed by atoms with Crippen molar-refractivity contribution < 1.29 is 0 Å². The van der Waals surface area contributed by atoms with Crippen molar-refractivity contribution in [2.75, 3.05) is 6.54 Å². The van der Waals surface area contributed by atoms with Gasteiger partial charge in [-0.15, -0.1) is 0 Å². The molecule has 1 aromatic rings. The second-order valence-corrected chi connectivity index (χ2v) is 4.66. The standard InChI is InChI=1S/C13H20N2/c1-10(2)12-9-14-8-6-11(12)13-5-3-4-7-15-13/h6,8-10,13,15H,3-5,7H2,1-2H3. The molecule has 1 atom stereocenters. The smallest absolute Gasteiger partial charge is 0.0324 e. The number of hydrogen-bond acceptors (Lipinski definition) is 2. The minimum Gasteiger partial charge on any atom is -0.310 e. The molecular weight excluding hydrogens is 184 g/mol. The van der Waals surface area contributed by atoms with Gasteiger partial charge in [0.15, 0.2) is 0 Å². The van der Waals surface area contributed by atoms with E-state index in [2.05, 4.69) is 30.2 Å². The molecule has 1 unspecified atom stereocenters. The second kappa shape index (κ2) is 4.75. The van der Waals surface area contributed by atoms with Gasteiger partial charge in [0.05, 0.1) is 0 Å². The van der Waals surface area contributed by atoms with Crippen LogP contribution in [0.5, 0.6) is 0 Å². The quantitative estimate of drug-likeness (QED) is 0.801. The van der Waals surface area contributed by atoms with Gasteiger partial charge in [-0.3, -0.25) is 4.98 Å². The van der Waals surface area contributed by atoms with Crippen molar-refractivity contribution in [3.05, 3.63) is 29.6 Å². The molecule has 2 heterocycles. The van der Waals surface area contributed by atoms with Gasteiger partial charge in [-0.2, -0.15) is 0 Å². The van der Waals surface area contributed by atoms with Crippen LogP contribution in [-0.4, -0.2) is 11.5 Å². The third kappa shape index (κ3) is 2.37. The summed E-state index contributed by atoms with van der Waals surface area (Å²) in [6, 6.07) is 2.73. The third-order valence-corrected chi connectivity index (χ3v) is 3.19. The molecule has 0 spiro atoms. The summed E-state index contributed by atoms with van der Waals surface area (Å²) in [7, 11) is 0. The van der Waals surface area contributed by atoms with Crippen LogP contribution in [0.4, 0.5) is 0 Å². The Labute approximate surface area is 92.1 Å². The highest BCUT2D eigenvalue weighted by Crippen LogP contribution is 2.28. The highest BCUT2D eigenvalue weighted by molar-refractivity contribution is 5.29. The van der Waals surface area contributed by atoms with Crippen molar-refractivity contribution in [3.63, 3.8) is 0 Å². The molecule has 0 amide bonds. The maximum atomic E-state index is 4.23. The molecule has 1 aliphatic heterocycles. The van der Waals surface area contributed by atoms with E-state index in [1.165, 1.54) is 30.4 Å². The van der Waals surface area contributed by atoms with E-state index in [4.69, 9.17) is 0 Å². The van der Waals surface area contributed by atoms with Gasteiger partial charge in [-0.05, 0) is 42.5 Å². The molecule has 1 saturated heterocycles. The van der Waals surface area contributed by atoms with Gasteiger partial charge in [0.2, 0.25) is 0 Å². The minimum absolute atomic E-state index is 0.555. The van der Waals surface area contributed by atoms with Gasteiger partial charge in [-0.1, -0.05) is 20.3 Å². The zero-order valence-corrected chi connectivity index (χ0v) is 9.66. The summed E-state index contributed by atoms with van der Waals surface area (Å²) in [4.78, 5) is 4.23. The first kappa shape index (κ1) is 10.6. The van der Waals surface area contributed by atoms with Crippen molar-refractivity contribution in [2.45, 2.75) is 45.1 Å². The largest absolute Gasteiger partial charge is 0.310 e. The van der Waals surface area contributed by atoms with E-state index in [0.29, 0.717) is 12.0 Å². The molecule has 0 aliphatic carbocycles. The van der Waals surface area contributed by atoms with Crippen molar-refractivity contribution in [3.8, 4) is 0 Å². The first-order valence-corrected chi connectivity index (χ1v) is 5.96. The predicted octanol–water partition coefficient (Wildman–Crippen LogP) is 3.02. The summed E-state index contributed by atoms with van der Waals surface area (Å²) < 4.78 is 0. The number of rotatable bonds is 2. The van der Waals surface area contributed by atoms with E-state index in [9.17, 15) is 0 Å². The Morgan fingerprint density at radius 3 is 2.93 bits per heavy atom. The summed E-state index contributed by atoms with van der Waals surface area (Å²) >= 11 is 0. The Morgan fingerprint density at radius 1 is 1.40 bits per heavy atom. The number of nitrogens with zero attached hydrogens (tertiary/aromatic N) is 1. The van der Waals surface area contributed by atoms with Gasteiger partial charge < -0.3 is 5.32 Å². The van der Waals surface area contributed by atoms with Crippen LogP contribution >= 0.6 is 0 Å².